The Balaban J connectivity index is 1.32. The zero-order chi connectivity index (χ0) is 29.3. The number of nitrogens with zero attached hydrogens (tertiary/aromatic N) is 8. The molecule has 0 saturated carbocycles. The van der Waals surface area contributed by atoms with Crippen molar-refractivity contribution < 1.29 is 14.7 Å². The maximum absolute atomic E-state index is 13.5. The lowest BCUT2D eigenvalue weighted by Gasteiger charge is -2.26. The summed E-state index contributed by atoms with van der Waals surface area (Å²) in [6, 6.07) is 7.49. The van der Waals surface area contributed by atoms with E-state index in [1.54, 1.807) is 44.6 Å². The van der Waals surface area contributed by atoms with Gasteiger partial charge in [-0.2, -0.15) is 9.90 Å². The summed E-state index contributed by atoms with van der Waals surface area (Å²) < 4.78 is 0. The van der Waals surface area contributed by atoms with Crippen molar-refractivity contribution in [2.45, 2.75) is 25.6 Å². The molecule has 212 valence electrons. The second-order valence-corrected chi connectivity index (χ2v) is 10.2. The molecular formula is C27H29ClN10O3. The molecule has 0 aliphatic carbocycles. The minimum absolute atomic E-state index is 0.268. The molecule has 13 nitrogen and oxygen atoms in total. The SMILES string of the molecule is CC(C(=O)NC(CO)c1ccnc(N(C)C)c1)N1Cc2ccc(-c3nc(Nc4cnn(C)n4)ncc3Cl)cc2C1=O. The zero-order valence-electron chi connectivity index (χ0n) is 22.9. The molecule has 5 rings (SSSR count). The fourth-order valence-corrected chi connectivity index (χ4v) is 4.69. The molecule has 1 aliphatic rings. The summed E-state index contributed by atoms with van der Waals surface area (Å²) >= 11 is 6.43. The standard InChI is InChI=1S/C27H29ClN10O3/c1-15(25(40)32-21(14-39)16-7-8-29-23(10-16)36(2)3)38-13-18-6-5-17(9-19(18)26(38)41)24-20(28)11-30-27(34-24)33-22-12-31-37(4)35-22/h5-12,15,21,39H,13-14H2,1-4H3,(H,32,40)(H,30,33,34,35). The highest BCUT2D eigenvalue weighted by atomic mass is 35.5. The summed E-state index contributed by atoms with van der Waals surface area (Å²) in [6.45, 7) is 1.63. The molecule has 2 atom stereocenters. The fourth-order valence-electron chi connectivity index (χ4n) is 4.49. The third-order valence-corrected chi connectivity index (χ3v) is 7.05. The molecule has 0 fully saturated rings. The number of pyridine rings is 1. The van der Waals surface area contributed by atoms with E-state index in [1.165, 1.54) is 15.9 Å². The molecule has 1 aliphatic heterocycles. The van der Waals surface area contributed by atoms with Crippen LogP contribution in [0.4, 0.5) is 17.6 Å². The van der Waals surface area contributed by atoms with Crippen LogP contribution in [0.2, 0.25) is 5.02 Å². The number of amides is 2. The number of nitrogens with one attached hydrogen (secondary N) is 2. The van der Waals surface area contributed by atoms with Gasteiger partial charge in [-0.3, -0.25) is 9.59 Å². The number of hydrogen-bond acceptors (Lipinski definition) is 10. The highest BCUT2D eigenvalue weighted by Crippen LogP contribution is 2.32. The average molecular weight is 577 g/mol. The average Bonchev–Trinajstić information content (AvgIpc) is 3.53. The van der Waals surface area contributed by atoms with Crippen LogP contribution in [0, 0.1) is 0 Å². The van der Waals surface area contributed by atoms with Gasteiger partial charge >= 0.3 is 0 Å². The van der Waals surface area contributed by atoms with Crippen molar-refractivity contribution in [3.05, 3.63) is 70.6 Å². The number of aryl methyl sites for hydroxylation is 1. The van der Waals surface area contributed by atoms with Crippen molar-refractivity contribution in [3.8, 4) is 11.3 Å². The summed E-state index contributed by atoms with van der Waals surface area (Å²) in [7, 11) is 5.41. The van der Waals surface area contributed by atoms with Gasteiger partial charge in [-0.15, -0.1) is 5.10 Å². The molecule has 3 N–H and O–H groups in total. The highest BCUT2D eigenvalue weighted by Gasteiger charge is 2.35. The quantitative estimate of drug-likeness (QED) is 0.270. The minimum atomic E-state index is -0.784. The first-order chi connectivity index (χ1) is 19.6. The summed E-state index contributed by atoms with van der Waals surface area (Å²) in [5, 5.41) is 24.3. The molecule has 0 bridgehead atoms. The van der Waals surface area contributed by atoms with Crippen LogP contribution in [0.1, 0.15) is 34.5 Å². The number of fused-ring (bicyclic) bond motifs is 1. The van der Waals surface area contributed by atoms with Gasteiger partial charge in [0.25, 0.3) is 5.91 Å². The first-order valence-corrected chi connectivity index (χ1v) is 13.2. The maximum Gasteiger partial charge on any atom is 0.255 e. The fraction of sp³-hybridized carbons (Fsp3) is 0.296. The van der Waals surface area contributed by atoms with Crippen molar-refractivity contribution in [2.75, 3.05) is 30.9 Å². The predicted octanol–water partition coefficient (Wildman–Crippen LogP) is 2.32. The number of hydrogen-bond donors (Lipinski definition) is 3. The van der Waals surface area contributed by atoms with E-state index in [-0.39, 0.29) is 30.9 Å². The van der Waals surface area contributed by atoms with E-state index >= 15 is 0 Å². The summed E-state index contributed by atoms with van der Waals surface area (Å²) in [5.74, 6) is 0.774. The number of aromatic nitrogens is 6. The Labute approximate surface area is 241 Å². The van der Waals surface area contributed by atoms with Crippen LogP contribution in [0.3, 0.4) is 0 Å². The highest BCUT2D eigenvalue weighted by molar-refractivity contribution is 6.33. The van der Waals surface area contributed by atoms with Gasteiger partial charge in [-0.05, 0) is 36.2 Å². The van der Waals surface area contributed by atoms with Gasteiger partial charge in [-0.1, -0.05) is 23.7 Å². The van der Waals surface area contributed by atoms with Crippen LogP contribution < -0.4 is 15.5 Å². The number of carbonyl (C=O) groups excluding carboxylic acids is 2. The summed E-state index contributed by atoms with van der Waals surface area (Å²) in [6.07, 6.45) is 4.64. The second kappa shape index (κ2) is 11.5. The van der Waals surface area contributed by atoms with E-state index in [2.05, 4.69) is 35.8 Å². The van der Waals surface area contributed by atoms with Crippen LogP contribution >= 0.6 is 11.6 Å². The number of benzene rings is 1. The molecule has 4 aromatic rings. The molecule has 2 unspecified atom stereocenters. The van der Waals surface area contributed by atoms with Gasteiger partial charge in [0, 0.05) is 45.0 Å². The molecule has 4 heterocycles. The first kappa shape index (κ1) is 27.9. The monoisotopic (exact) mass is 576 g/mol. The molecule has 0 radical (unpaired) electrons. The maximum atomic E-state index is 13.5. The first-order valence-electron chi connectivity index (χ1n) is 12.8. The Hall–Kier alpha value is -4.62. The molecule has 1 aromatic carbocycles. The Morgan fingerprint density at radius 1 is 1.20 bits per heavy atom. The molecule has 41 heavy (non-hydrogen) atoms. The van der Waals surface area contributed by atoms with Crippen molar-refractivity contribution in [1.29, 1.82) is 0 Å². The van der Waals surface area contributed by atoms with Crippen molar-refractivity contribution in [1.82, 2.24) is 40.2 Å². The van der Waals surface area contributed by atoms with Crippen molar-refractivity contribution in [2.24, 2.45) is 7.05 Å². The predicted molar refractivity (Wildman–Crippen MR) is 153 cm³/mol. The van der Waals surface area contributed by atoms with Crippen LogP contribution in [0.25, 0.3) is 11.3 Å². The lowest BCUT2D eigenvalue weighted by atomic mass is 10.0. The van der Waals surface area contributed by atoms with Crippen LogP contribution in [0.5, 0.6) is 0 Å². The van der Waals surface area contributed by atoms with Gasteiger partial charge in [0.05, 0.1) is 35.8 Å². The van der Waals surface area contributed by atoms with Crippen molar-refractivity contribution in [3.63, 3.8) is 0 Å². The van der Waals surface area contributed by atoms with E-state index in [9.17, 15) is 14.7 Å². The van der Waals surface area contributed by atoms with E-state index < -0.39 is 12.1 Å². The molecule has 2 amide bonds. The largest absolute Gasteiger partial charge is 0.394 e. The number of aliphatic hydroxyl groups is 1. The smallest absolute Gasteiger partial charge is 0.255 e. The van der Waals surface area contributed by atoms with Crippen molar-refractivity contribution >= 4 is 41.0 Å². The summed E-state index contributed by atoms with van der Waals surface area (Å²) in [4.78, 5) is 44.4. The topological polar surface area (TPSA) is 154 Å². The Morgan fingerprint density at radius 3 is 2.71 bits per heavy atom. The van der Waals surface area contributed by atoms with Gasteiger partial charge in [-0.25, -0.2) is 15.0 Å². The van der Waals surface area contributed by atoms with Crippen LogP contribution in [-0.4, -0.2) is 78.5 Å². The van der Waals surface area contributed by atoms with Gasteiger partial charge in [0.2, 0.25) is 11.9 Å². The van der Waals surface area contributed by atoms with E-state index in [0.717, 1.165) is 5.56 Å². The van der Waals surface area contributed by atoms with Gasteiger partial charge < -0.3 is 25.5 Å². The molecule has 0 saturated heterocycles. The van der Waals surface area contributed by atoms with Gasteiger partial charge in [0.1, 0.15) is 11.9 Å². The molecular weight excluding hydrogens is 548 g/mol. The second-order valence-electron chi connectivity index (χ2n) is 9.80. The number of halogens is 1. The molecule has 0 spiro atoms. The lowest BCUT2D eigenvalue weighted by molar-refractivity contribution is -0.126. The number of aliphatic hydroxyl groups excluding tert-OH is 1. The Morgan fingerprint density at radius 2 is 2.00 bits per heavy atom. The third kappa shape index (κ3) is 5.81. The van der Waals surface area contributed by atoms with E-state index in [0.29, 0.717) is 39.0 Å². The third-order valence-electron chi connectivity index (χ3n) is 6.77. The lowest BCUT2D eigenvalue weighted by Crippen LogP contribution is -2.46. The van der Waals surface area contributed by atoms with Crippen LogP contribution in [-0.2, 0) is 18.4 Å². The van der Waals surface area contributed by atoms with Crippen LogP contribution in [0.15, 0.2) is 48.9 Å². The Bertz CT molecular complexity index is 1610. The molecule has 3 aromatic heterocycles. The normalized spacial score (nSPS) is 14.0. The number of rotatable bonds is 9. The summed E-state index contributed by atoms with van der Waals surface area (Å²) in [5.41, 5.74) is 3.02. The van der Waals surface area contributed by atoms with E-state index in [1.807, 2.05) is 31.1 Å². The minimum Gasteiger partial charge on any atom is -0.394 e. The van der Waals surface area contributed by atoms with Gasteiger partial charge in [0.15, 0.2) is 5.82 Å². The number of carbonyl (C=O) groups is 2. The molecule has 14 heteroatoms. The number of anilines is 3. The zero-order valence-corrected chi connectivity index (χ0v) is 23.7. The van der Waals surface area contributed by atoms with E-state index in [4.69, 9.17) is 11.6 Å². The Kier molecular flexibility index (Phi) is 7.81.